The quantitative estimate of drug-likeness (QED) is 0.136. The molecule has 4 N–H and O–H groups in total. The summed E-state index contributed by atoms with van der Waals surface area (Å²) in [4.78, 5) is 34.8. The zero-order valence-electron chi connectivity index (χ0n) is 21.1. The molecule has 0 amide bonds. The summed E-state index contributed by atoms with van der Waals surface area (Å²) in [7, 11) is -4.08. The molecule has 14 heteroatoms. The minimum absolute atomic E-state index is 0.00622. The summed E-state index contributed by atoms with van der Waals surface area (Å²) in [6.07, 6.45) is 1.05. The Bertz CT molecular complexity index is 1530. The van der Waals surface area contributed by atoms with Crippen LogP contribution in [0, 0.1) is 0 Å². The second kappa shape index (κ2) is 11.7. The molecule has 2 heterocycles. The predicted molar refractivity (Wildman–Crippen MR) is 140 cm³/mol. The minimum atomic E-state index is -4.08. The summed E-state index contributed by atoms with van der Waals surface area (Å²) in [5.74, 6) is -0.325. The molecule has 0 aliphatic heterocycles. The lowest BCUT2D eigenvalue weighted by molar-refractivity contribution is -0.149. The smallest absolute Gasteiger partial charge is 0.459 e. The highest BCUT2D eigenvalue weighted by atomic mass is 31.2. The summed E-state index contributed by atoms with van der Waals surface area (Å²) in [6.45, 7) is 4.77. The topological polar surface area (TPSA) is 173 Å². The standard InChI is InChI=1S/C24H29N6O7P/c1-15(2)36-23(32)16(3)29-38(33,37-19-10-6-8-17-7-4-5-9-18(17)19)35-12-11-34-14-30-13-26-20-21(30)27-24(25)28-22(20)31/h4-10,13,15-16H,11-12,14H2,1-3H3,(H,29,33)(H3,25,27,28,31)/t16-,38?/m0/s1. The third-order valence-electron chi connectivity index (χ3n) is 5.24. The number of ether oxygens (including phenoxy) is 2. The molecule has 0 spiro atoms. The number of H-pyrrole nitrogens is 1. The van der Waals surface area contributed by atoms with Gasteiger partial charge in [0.05, 0.1) is 25.6 Å². The first-order chi connectivity index (χ1) is 18.1. The number of benzene rings is 2. The Morgan fingerprint density at radius 1 is 1.16 bits per heavy atom. The van der Waals surface area contributed by atoms with E-state index in [0.29, 0.717) is 5.75 Å². The number of anilines is 1. The molecule has 2 aromatic carbocycles. The van der Waals surface area contributed by atoms with Crippen LogP contribution >= 0.6 is 7.75 Å². The number of nitrogens with two attached hydrogens (primary N) is 1. The average molecular weight is 545 g/mol. The molecule has 0 radical (unpaired) electrons. The molecule has 0 saturated carbocycles. The Morgan fingerprint density at radius 2 is 1.92 bits per heavy atom. The van der Waals surface area contributed by atoms with Crippen LogP contribution in [0.15, 0.2) is 53.6 Å². The van der Waals surface area contributed by atoms with E-state index in [1.807, 2.05) is 30.3 Å². The van der Waals surface area contributed by atoms with E-state index >= 15 is 0 Å². The van der Waals surface area contributed by atoms with Crippen molar-refractivity contribution in [2.24, 2.45) is 0 Å². The van der Waals surface area contributed by atoms with E-state index in [0.717, 1.165) is 10.8 Å². The number of aromatic amines is 1. The summed E-state index contributed by atoms with van der Waals surface area (Å²) in [6, 6.07) is 11.8. The predicted octanol–water partition coefficient (Wildman–Crippen LogP) is 2.96. The molecule has 0 aliphatic rings. The third kappa shape index (κ3) is 6.56. The summed E-state index contributed by atoms with van der Waals surface area (Å²) < 4.78 is 37.6. The SMILES string of the molecule is CC(C)OC(=O)[C@H](C)NP(=O)(OCCOCn1cnc2c(=O)[nH]c(N)nc21)Oc1cccc2ccccc12. The molecule has 1 unspecified atom stereocenters. The van der Waals surface area contributed by atoms with Crippen molar-refractivity contribution < 1.29 is 27.9 Å². The van der Waals surface area contributed by atoms with E-state index in [4.69, 9.17) is 24.3 Å². The molecule has 0 aliphatic carbocycles. The van der Waals surface area contributed by atoms with Gasteiger partial charge in [0, 0.05) is 5.39 Å². The molecule has 4 aromatic rings. The van der Waals surface area contributed by atoms with Gasteiger partial charge in [0.1, 0.15) is 18.5 Å². The van der Waals surface area contributed by atoms with Crippen LogP contribution in [0.25, 0.3) is 21.9 Å². The number of hydrogen-bond acceptors (Lipinski definition) is 10. The first-order valence-electron chi connectivity index (χ1n) is 11.8. The van der Waals surface area contributed by atoms with Crippen LogP contribution < -0.4 is 20.9 Å². The molecule has 2 aromatic heterocycles. The van der Waals surface area contributed by atoms with Crippen molar-refractivity contribution in [3.05, 3.63) is 59.1 Å². The minimum Gasteiger partial charge on any atom is -0.462 e. The molecule has 0 saturated heterocycles. The number of hydrogen-bond donors (Lipinski definition) is 3. The van der Waals surface area contributed by atoms with E-state index < -0.39 is 25.3 Å². The van der Waals surface area contributed by atoms with Crippen molar-refractivity contribution in [3.8, 4) is 5.75 Å². The van der Waals surface area contributed by atoms with Crippen LogP contribution in [-0.4, -0.2) is 50.8 Å². The normalized spacial score (nSPS) is 14.0. The number of nitrogens with one attached hydrogen (secondary N) is 2. The number of carbonyl (C=O) groups excluding carboxylic acids is 1. The first-order valence-corrected chi connectivity index (χ1v) is 13.4. The van der Waals surface area contributed by atoms with Gasteiger partial charge in [-0.25, -0.2) is 9.55 Å². The number of nitrogens with zero attached hydrogens (tertiary/aromatic N) is 3. The lowest BCUT2D eigenvalue weighted by Crippen LogP contribution is -2.36. The molecule has 0 bridgehead atoms. The maximum Gasteiger partial charge on any atom is 0.459 e. The van der Waals surface area contributed by atoms with Crippen LogP contribution in [0.3, 0.4) is 0 Å². The van der Waals surface area contributed by atoms with Crippen molar-refractivity contribution in [1.29, 1.82) is 0 Å². The second-order valence-electron chi connectivity index (χ2n) is 8.61. The van der Waals surface area contributed by atoms with E-state index in [9.17, 15) is 14.2 Å². The van der Waals surface area contributed by atoms with E-state index in [1.54, 1.807) is 26.0 Å². The fourth-order valence-electron chi connectivity index (χ4n) is 3.56. The number of imidazole rings is 1. The summed E-state index contributed by atoms with van der Waals surface area (Å²) in [5, 5.41) is 4.26. The molecule has 0 fully saturated rings. The fourth-order valence-corrected chi connectivity index (χ4v) is 5.06. The Kier molecular flexibility index (Phi) is 8.42. The van der Waals surface area contributed by atoms with Gasteiger partial charge in [-0.15, -0.1) is 0 Å². The van der Waals surface area contributed by atoms with Crippen molar-refractivity contribution >= 4 is 41.6 Å². The number of fused-ring (bicyclic) bond motifs is 2. The Balaban J connectivity index is 1.44. The van der Waals surface area contributed by atoms with Crippen LogP contribution in [0.2, 0.25) is 0 Å². The molecule has 2 atom stereocenters. The second-order valence-corrected chi connectivity index (χ2v) is 10.3. The van der Waals surface area contributed by atoms with Gasteiger partial charge in [-0.2, -0.15) is 10.1 Å². The van der Waals surface area contributed by atoms with Crippen LogP contribution in [0.5, 0.6) is 5.75 Å². The lowest BCUT2D eigenvalue weighted by Gasteiger charge is -2.24. The Morgan fingerprint density at radius 3 is 2.71 bits per heavy atom. The maximum atomic E-state index is 13.8. The van der Waals surface area contributed by atoms with Gasteiger partial charge < -0.3 is 19.7 Å². The zero-order chi connectivity index (χ0) is 27.3. The van der Waals surface area contributed by atoms with Crippen molar-refractivity contribution in [2.75, 3.05) is 18.9 Å². The van der Waals surface area contributed by atoms with Crippen LogP contribution in [-0.2, 0) is 30.1 Å². The zero-order valence-corrected chi connectivity index (χ0v) is 22.0. The highest BCUT2D eigenvalue weighted by Crippen LogP contribution is 2.46. The Hall–Kier alpha value is -3.77. The number of aromatic nitrogens is 4. The van der Waals surface area contributed by atoms with Gasteiger partial charge in [-0.3, -0.25) is 23.7 Å². The molecule has 13 nitrogen and oxygen atoms in total. The average Bonchev–Trinajstić information content (AvgIpc) is 3.26. The van der Waals surface area contributed by atoms with Gasteiger partial charge in [0.25, 0.3) is 5.56 Å². The first kappa shape index (κ1) is 27.3. The number of carbonyl (C=O) groups is 1. The van der Waals surface area contributed by atoms with E-state index in [2.05, 4.69) is 20.0 Å². The Labute approximate surface area is 217 Å². The van der Waals surface area contributed by atoms with Gasteiger partial charge in [-0.1, -0.05) is 36.4 Å². The van der Waals surface area contributed by atoms with Gasteiger partial charge in [-0.05, 0) is 32.2 Å². The largest absolute Gasteiger partial charge is 0.462 e. The number of rotatable bonds is 12. The van der Waals surface area contributed by atoms with Crippen molar-refractivity contribution in [2.45, 2.75) is 39.6 Å². The lowest BCUT2D eigenvalue weighted by atomic mass is 10.1. The van der Waals surface area contributed by atoms with E-state index in [-0.39, 0.29) is 43.2 Å². The van der Waals surface area contributed by atoms with Crippen LogP contribution in [0.4, 0.5) is 5.95 Å². The van der Waals surface area contributed by atoms with Gasteiger partial charge in [0.2, 0.25) is 5.95 Å². The van der Waals surface area contributed by atoms with E-state index in [1.165, 1.54) is 17.8 Å². The fraction of sp³-hybridized carbons (Fsp3) is 0.333. The summed E-state index contributed by atoms with van der Waals surface area (Å²) in [5.41, 5.74) is 5.53. The molecular weight excluding hydrogens is 515 g/mol. The van der Waals surface area contributed by atoms with Gasteiger partial charge in [0.15, 0.2) is 11.2 Å². The van der Waals surface area contributed by atoms with Crippen molar-refractivity contribution in [3.63, 3.8) is 0 Å². The highest BCUT2D eigenvalue weighted by Gasteiger charge is 2.33. The maximum absolute atomic E-state index is 13.8. The third-order valence-corrected chi connectivity index (χ3v) is 6.90. The molecule has 38 heavy (non-hydrogen) atoms. The van der Waals surface area contributed by atoms with Crippen molar-refractivity contribution in [1.82, 2.24) is 24.6 Å². The molecule has 202 valence electrons. The number of esters is 1. The van der Waals surface area contributed by atoms with Gasteiger partial charge >= 0.3 is 13.7 Å². The van der Waals surface area contributed by atoms with Crippen LogP contribution in [0.1, 0.15) is 20.8 Å². The molecular formula is C24H29N6O7P. The summed E-state index contributed by atoms with van der Waals surface area (Å²) >= 11 is 0. The highest BCUT2D eigenvalue weighted by molar-refractivity contribution is 7.52. The number of nitrogen functional groups attached to an aromatic ring is 1. The monoisotopic (exact) mass is 544 g/mol. The molecule has 4 rings (SSSR count).